The average Bonchev–Trinajstić information content (AvgIpc) is 2.09. The molecule has 1 rings (SSSR count). The molecule has 0 saturated carbocycles. The molecule has 1 unspecified atom stereocenters. The van der Waals surface area contributed by atoms with Gasteiger partial charge in [-0.3, -0.25) is 0 Å². The van der Waals surface area contributed by atoms with Crippen LogP contribution in [0, 0.1) is 0 Å². The van der Waals surface area contributed by atoms with Crippen LogP contribution in [0.4, 0.5) is 11.6 Å². The Balaban J connectivity index is 2.49. The number of nitrogen functional groups attached to an aromatic ring is 1. The van der Waals surface area contributed by atoms with Crippen molar-refractivity contribution in [1.82, 2.24) is 9.97 Å². The molecule has 0 saturated heterocycles. The number of nitrogens with one attached hydrogen (secondary N) is 1. The minimum absolute atomic E-state index is 0.411. The molecule has 0 aliphatic carbocycles. The van der Waals surface area contributed by atoms with Gasteiger partial charge in [0.2, 0.25) is 5.95 Å². The van der Waals surface area contributed by atoms with E-state index in [1.165, 1.54) is 0 Å². The van der Waals surface area contributed by atoms with Crippen LogP contribution in [0.15, 0.2) is 12.4 Å². The number of hydrogen-bond acceptors (Lipinski definition) is 4. The lowest BCUT2D eigenvalue weighted by Gasteiger charge is -2.11. The largest absolute Gasteiger partial charge is 0.396 e. The molecule has 72 valence electrons. The minimum Gasteiger partial charge on any atom is -0.396 e. The summed E-state index contributed by atoms with van der Waals surface area (Å²) in [5.74, 6) is 0.648. The Morgan fingerprint density at radius 3 is 2.62 bits per heavy atom. The van der Waals surface area contributed by atoms with E-state index in [1.54, 1.807) is 12.4 Å². The Kier molecular flexibility index (Phi) is 3.49. The molecule has 0 radical (unpaired) electrons. The Bertz CT molecular complexity index is 244. The van der Waals surface area contributed by atoms with Gasteiger partial charge in [0.05, 0.1) is 18.1 Å². The van der Waals surface area contributed by atoms with Crippen molar-refractivity contribution in [3.63, 3.8) is 0 Å². The van der Waals surface area contributed by atoms with E-state index < -0.39 is 0 Å². The molecule has 13 heavy (non-hydrogen) atoms. The predicted molar refractivity (Wildman–Crippen MR) is 54.4 cm³/mol. The van der Waals surface area contributed by atoms with Crippen molar-refractivity contribution < 1.29 is 0 Å². The van der Waals surface area contributed by atoms with E-state index in [9.17, 15) is 0 Å². The Morgan fingerprint density at radius 1 is 1.46 bits per heavy atom. The Labute approximate surface area is 78.6 Å². The molecule has 0 aliphatic rings. The highest BCUT2D eigenvalue weighted by atomic mass is 15.1. The maximum atomic E-state index is 5.46. The van der Waals surface area contributed by atoms with Crippen LogP contribution in [0.2, 0.25) is 0 Å². The summed E-state index contributed by atoms with van der Waals surface area (Å²) in [6.45, 7) is 4.27. The van der Waals surface area contributed by atoms with Crippen LogP contribution in [0.5, 0.6) is 0 Å². The van der Waals surface area contributed by atoms with E-state index >= 15 is 0 Å². The third kappa shape index (κ3) is 3.27. The van der Waals surface area contributed by atoms with Gasteiger partial charge in [-0.15, -0.1) is 0 Å². The normalized spacial score (nSPS) is 12.5. The van der Waals surface area contributed by atoms with Gasteiger partial charge in [-0.2, -0.15) is 0 Å². The van der Waals surface area contributed by atoms with Crippen LogP contribution in [0.1, 0.15) is 26.7 Å². The van der Waals surface area contributed by atoms with Crippen molar-refractivity contribution in [3.8, 4) is 0 Å². The first-order chi connectivity index (χ1) is 6.22. The monoisotopic (exact) mass is 180 g/mol. The van der Waals surface area contributed by atoms with Crippen LogP contribution in [-0.2, 0) is 0 Å². The zero-order valence-electron chi connectivity index (χ0n) is 8.12. The smallest absolute Gasteiger partial charge is 0.222 e. The molecule has 4 nitrogen and oxygen atoms in total. The van der Waals surface area contributed by atoms with Gasteiger partial charge in [-0.1, -0.05) is 13.3 Å². The van der Waals surface area contributed by atoms with Crippen molar-refractivity contribution in [2.45, 2.75) is 32.7 Å². The number of nitrogens with zero attached hydrogens (tertiary/aromatic N) is 2. The maximum absolute atomic E-state index is 5.46. The molecular formula is C9H16N4. The zero-order valence-corrected chi connectivity index (χ0v) is 8.12. The SMILES string of the molecule is CCCC(C)Nc1ncc(N)cn1. The summed E-state index contributed by atoms with van der Waals surface area (Å²) in [6, 6.07) is 0.411. The van der Waals surface area contributed by atoms with E-state index in [1.807, 2.05) is 0 Å². The summed E-state index contributed by atoms with van der Waals surface area (Å²) < 4.78 is 0. The fourth-order valence-corrected chi connectivity index (χ4v) is 1.14. The standard InChI is InChI=1S/C9H16N4/c1-3-4-7(2)13-9-11-5-8(10)6-12-9/h5-7H,3-4,10H2,1-2H3,(H,11,12,13). The van der Waals surface area contributed by atoms with Gasteiger partial charge in [0, 0.05) is 6.04 Å². The van der Waals surface area contributed by atoms with Crippen LogP contribution in [0.3, 0.4) is 0 Å². The van der Waals surface area contributed by atoms with E-state index in [2.05, 4.69) is 29.1 Å². The molecular weight excluding hydrogens is 164 g/mol. The highest BCUT2D eigenvalue weighted by molar-refractivity contribution is 5.36. The molecule has 1 heterocycles. The lowest BCUT2D eigenvalue weighted by molar-refractivity contribution is 0.684. The number of aromatic nitrogens is 2. The molecule has 1 aromatic rings. The second-order valence-electron chi connectivity index (χ2n) is 3.17. The van der Waals surface area contributed by atoms with Gasteiger partial charge in [0.15, 0.2) is 0 Å². The Hall–Kier alpha value is -1.32. The number of nitrogens with two attached hydrogens (primary N) is 1. The molecule has 4 heteroatoms. The second kappa shape index (κ2) is 4.64. The quantitative estimate of drug-likeness (QED) is 0.739. The fourth-order valence-electron chi connectivity index (χ4n) is 1.14. The number of anilines is 2. The first-order valence-electron chi connectivity index (χ1n) is 4.56. The van der Waals surface area contributed by atoms with Crippen LogP contribution < -0.4 is 11.1 Å². The molecule has 1 atom stereocenters. The van der Waals surface area contributed by atoms with Gasteiger partial charge in [0.25, 0.3) is 0 Å². The van der Waals surface area contributed by atoms with Gasteiger partial charge >= 0.3 is 0 Å². The van der Waals surface area contributed by atoms with Gasteiger partial charge in [-0.05, 0) is 13.3 Å². The van der Waals surface area contributed by atoms with Gasteiger partial charge in [0.1, 0.15) is 0 Å². The number of rotatable bonds is 4. The third-order valence-corrected chi connectivity index (χ3v) is 1.77. The van der Waals surface area contributed by atoms with E-state index in [0.717, 1.165) is 12.8 Å². The zero-order chi connectivity index (χ0) is 9.68. The molecule has 0 spiro atoms. The van der Waals surface area contributed by atoms with Crippen molar-refractivity contribution >= 4 is 11.6 Å². The Morgan fingerprint density at radius 2 is 2.08 bits per heavy atom. The molecule has 1 aromatic heterocycles. The highest BCUT2D eigenvalue weighted by Crippen LogP contribution is 2.05. The average molecular weight is 180 g/mol. The predicted octanol–water partition coefficient (Wildman–Crippen LogP) is 1.66. The molecule has 3 N–H and O–H groups in total. The van der Waals surface area contributed by atoms with Crippen LogP contribution in [-0.4, -0.2) is 16.0 Å². The van der Waals surface area contributed by atoms with E-state index in [-0.39, 0.29) is 0 Å². The van der Waals surface area contributed by atoms with Crippen LogP contribution in [0.25, 0.3) is 0 Å². The van der Waals surface area contributed by atoms with Gasteiger partial charge in [-0.25, -0.2) is 9.97 Å². The number of hydrogen-bond donors (Lipinski definition) is 2. The van der Waals surface area contributed by atoms with Crippen molar-refractivity contribution in [1.29, 1.82) is 0 Å². The summed E-state index contributed by atoms with van der Waals surface area (Å²) in [7, 11) is 0. The summed E-state index contributed by atoms with van der Waals surface area (Å²) in [6.07, 6.45) is 5.48. The summed E-state index contributed by atoms with van der Waals surface area (Å²) in [4.78, 5) is 8.11. The van der Waals surface area contributed by atoms with Gasteiger partial charge < -0.3 is 11.1 Å². The lowest BCUT2D eigenvalue weighted by Crippen LogP contribution is -2.16. The first-order valence-corrected chi connectivity index (χ1v) is 4.56. The first kappa shape index (κ1) is 9.77. The lowest BCUT2D eigenvalue weighted by atomic mass is 10.2. The molecule has 0 aromatic carbocycles. The van der Waals surface area contributed by atoms with Crippen molar-refractivity contribution in [2.24, 2.45) is 0 Å². The van der Waals surface area contributed by atoms with E-state index in [4.69, 9.17) is 5.73 Å². The van der Waals surface area contributed by atoms with Crippen molar-refractivity contribution in [3.05, 3.63) is 12.4 Å². The molecule has 0 bridgehead atoms. The molecule has 0 aliphatic heterocycles. The summed E-state index contributed by atoms with van der Waals surface area (Å²) in [5.41, 5.74) is 6.05. The highest BCUT2D eigenvalue weighted by Gasteiger charge is 2.01. The minimum atomic E-state index is 0.411. The fraction of sp³-hybridized carbons (Fsp3) is 0.556. The third-order valence-electron chi connectivity index (χ3n) is 1.77. The maximum Gasteiger partial charge on any atom is 0.222 e. The second-order valence-corrected chi connectivity index (χ2v) is 3.17. The summed E-state index contributed by atoms with van der Waals surface area (Å²) in [5, 5.41) is 3.19. The summed E-state index contributed by atoms with van der Waals surface area (Å²) >= 11 is 0. The van der Waals surface area contributed by atoms with E-state index in [0.29, 0.717) is 17.7 Å². The molecule has 0 fully saturated rings. The van der Waals surface area contributed by atoms with Crippen molar-refractivity contribution in [2.75, 3.05) is 11.1 Å². The van der Waals surface area contributed by atoms with Crippen LogP contribution >= 0.6 is 0 Å². The molecule has 0 amide bonds. The topological polar surface area (TPSA) is 63.8 Å².